The van der Waals surface area contributed by atoms with E-state index in [1.54, 1.807) is 0 Å². The average Bonchev–Trinajstić information content (AvgIpc) is 3.21. The molecule has 1 aromatic rings. The number of rotatable bonds is 5. The van der Waals surface area contributed by atoms with Crippen LogP contribution in [0.2, 0.25) is 5.02 Å². The molecule has 0 bridgehead atoms. The van der Waals surface area contributed by atoms with Crippen LogP contribution in [0.4, 0.5) is 22.0 Å². The molecule has 2 atom stereocenters. The van der Waals surface area contributed by atoms with Gasteiger partial charge in [0.25, 0.3) is 11.8 Å². The van der Waals surface area contributed by atoms with Crippen LogP contribution in [0.3, 0.4) is 0 Å². The number of piperidine rings is 1. The maximum Gasteiger partial charge on any atom is 0.408 e. The molecule has 2 aliphatic rings. The molecule has 2 aliphatic heterocycles. The number of amides is 2. The lowest BCUT2D eigenvalue weighted by molar-refractivity contribution is -0.187. The molecule has 11 heteroatoms. The summed E-state index contributed by atoms with van der Waals surface area (Å²) in [5.41, 5.74) is -1.44. The second kappa shape index (κ2) is 9.28. The molecule has 2 unspecified atom stereocenters. The van der Waals surface area contributed by atoms with Crippen molar-refractivity contribution >= 4 is 23.4 Å². The van der Waals surface area contributed by atoms with Gasteiger partial charge in [-0.05, 0) is 57.0 Å². The number of nitrogens with zero attached hydrogens (tertiary/aromatic N) is 1. The van der Waals surface area contributed by atoms with E-state index in [4.69, 9.17) is 11.6 Å². The smallest absolute Gasteiger partial charge is 0.351 e. The summed E-state index contributed by atoms with van der Waals surface area (Å²) in [4.78, 5) is 25.8. The Kier molecular flexibility index (Phi) is 7.10. The van der Waals surface area contributed by atoms with Gasteiger partial charge in [0.1, 0.15) is 11.9 Å². The Morgan fingerprint density at radius 1 is 1.26 bits per heavy atom. The quantitative estimate of drug-likeness (QED) is 0.652. The number of carbonyl (C=O) groups is 2. The molecule has 5 nitrogen and oxygen atoms in total. The lowest BCUT2D eigenvalue weighted by Gasteiger charge is -2.41. The monoisotopic (exact) mass is 467 g/mol. The fourth-order valence-corrected chi connectivity index (χ4v) is 4.49. The van der Waals surface area contributed by atoms with E-state index in [1.807, 2.05) is 0 Å². The van der Waals surface area contributed by atoms with Crippen molar-refractivity contribution in [1.82, 2.24) is 15.5 Å². The fourth-order valence-electron chi connectivity index (χ4n) is 4.27. The maximum absolute atomic E-state index is 15.5. The first-order valence-electron chi connectivity index (χ1n) is 10.00. The second-order valence-corrected chi connectivity index (χ2v) is 8.48. The highest BCUT2D eigenvalue weighted by atomic mass is 35.5. The SMILES string of the molecule is O=C(NCC1(C(F)C(=O)N2CCCC2C(F)(F)F)CCNCC1)c1cc(F)cc(Cl)c1. The van der Waals surface area contributed by atoms with E-state index in [0.717, 1.165) is 12.1 Å². The molecule has 2 fully saturated rings. The first kappa shape index (κ1) is 23.7. The van der Waals surface area contributed by atoms with Crippen LogP contribution in [0, 0.1) is 11.2 Å². The summed E-state index contributed by atoms with van der Waals surface area (Å²) in [7, 11) is 0. The van der Waals surface area contributed by atoms with Crippen LogP contribution in [-0.4, -0.2) is 61.3 Å². The van der Waals surface area contributed by atoms with E-state index in [9.17, 15) is 27.2 Å². The molecule has 2 amide bonds. The summed E-state index contributed by atoms with van der Waals surface area (Å²) >= 11 is 5.76. The van der Waals surface area contributed by atoms with Gasteiger partial charge in [-0.25, -0.2) is 8.78 Å². The Morgan fingerprint density at radius 3 is 2.55 bits per heavy atom. The minimum atomic E-state index is -4.63. The van der Waals surface area contributed by atoms with Crippen LogP contribution in [0.5, 0.6) is 0 Å². The lowest BCUT2D eigenvalue weighted by atomic mass is 9.74. The number of halogens is 6. The minimum absolute atomic E-state index is 0.00695. The van der Waals surface area contributed by atoms with Crippen LogP contribution in [0.1, 0.15) is 36.0 Å². The predicted molar refractivity (Wildman–Crippen MR) is 104 cm³/mol. The number of hydrogen-bond donors (Lipinski definition) is 2. The summed E-state index contributed by atoms with van der Waals surface area (Å²) in [5, 5.41) is 5.53. The van der Waals surface area contributed by atoms with E-state index < -0.39 is 41.4 Å². The number of nitrogens with one attached hydrogen (secondary N) is 2. The number of alkyl halides is 4. The molecule has 0 radical (unpaired) electrons. The molecule has 3 rings (SSSR count). The molecule has 31 heavy (non-hydrogen) atoms. The maximum atomic E-state index is 15.5. The van der Waals surface area contributed by atoms with Crippen molar-refractivity contribution in [2.45, 2.75) is 44.1 Å². The normalized spacial score (nSPS) is 22.3. The summed E-state index contributed by atoms with van der Waals surface area (Å²) in [6.45, 7) is 0.251. The van der Waals surface area contributed by atoms with Gasteiger partial charge >= 0.3 is 6.18 Å². The number of likely N-dealkylation sites (tertiary alicyclic amines) is 1. The zero-order valence-electron chi connectivity index (χ0n) is 16.6. The predicted octanol–water partition coefficient (Wildman–Crippen LogP) is 3.47. The zero-order valence-corrected chi connectivity index (χ0v) is 17.3. The molecule has 172 valence electrons. The molecule has 0 aliphatic carbocycles. The van der Waals surface area contributed by atoms with Gasteiger partial charge in [-0.15, -0.1) is 0 Å². The third-order valence-corrected chi connectivity index (χ3v) is 6.21. The Bertz CT molecular complexity index is 809. The second-order valence-electron chi connectivity index (χ2n) is 8.05. The molecular formula is C20H23ClF5N3O2. The summed E-state index contributed by atoms with van der Waals surface area (Å²) in [6.07, 6.45) is -6.66. The highest BCUT2D eigenvalue weighted by Gasteiger charge is 2.52. The topological polar surface area (TPSA) is 61.4 Å². The molecular weight excluding hydrogens is 445 g/mol. The summed E-state index contributed by atoms with van der Waals surface area (Å²) < 4.78 is 68.8. The minimum Gasteiger partial charge on any atom is -0.351 e. The highest BCUT2D eigenvalue weighted by molar-refractivity contribution is 6.31. The molecule has 1 aromatic carbocycles. The van der Waals surface area contributed by atoms with Crippen LogP contribution in [-0.2, 0) is 4.79 Å². The van der Waals surface area contributed by atoms with Crippen molar-refractivity contribution in [2.24, 2.45) is 5.41 Å². The van der Waals surface area contributed by atoms with E-state index in [-0.39, 0.29) is 49.4 Å². The number of hydrogen-bond acceptors (Lipinski definition) is 3. The molecule has 0 saturated carbocycles. The first-order valence-corrected chi connectivity index (χ1v) is 10.4. The zero-order chi connectivity index (χ0) is 22.8. The van der Waals surface area contributed by atoms with Gasteiger partial charge in [0.15, 0.2) is 6.17 Å². The van der Waals surface area contributed by atoms with E-state index in [2.05, 4.69) is 10.6 Å². The number of benzene rings is 1. The fraction of sp³-hybridized carbons (Fsp3) is 0.600. The first-order chi connectivity index (χ1) is 14.5. The van der Waals surface area contributed by atoms with Gasteiger partial charge in [0.2, 0.25) is 0 Å². The summed E-state index contributed by atoms with van der Waals surface area (Å²) in [5.74, 6) is -2.64. The van der Waals surface area contributed by atoms with Gasteiger partial charge in [-0.1, -0.05) is 11.6 Å². The van der Waals surface area contributed by atoms with E-state index in [0.29, 0.717) is 18.0 Å². The van der Waals surface area contributed by atoms with Crippen molar-refractivity contribution in [3.63, 3.8) is 0 Å². The third-order valence-electron chi connectivity index (χ3n) is 5.99. The molecule has 2 N–H and O–H groups in total. The van der Waals surface area contributed by atoms with Gasteiger partial charge in [0.05, 0.1) is 0 Å². The van der Waals surface area contributed by atoms with Gasteiger partial charge in [0, 0.05) is 29.1 Å². The summed E-state index contributed by atoms with van der Waals surface area (Å²) in [6, 6.07) is 1.23. The average molecular weight is 468 g/mol. The van der Waals surface area contributed by atoms with Crippen molar-refractivity contribution in [3.8, 4) is 0 Å². The lowest BCUT2D eigenvalue weighted by Crippen LogP contribution is -2.57. The van der Waals surface area contributed by atoms with E-state index in [1.165, 1.54) is 6.07 Å². The Balaban J connectivity index is 1.76. The standard InChI is InChI=1S/C20H23ClF5N3O2/c21-13-8-12(9-14(22)10-13)17(30)28-11-19(3-5-27-6-4-19)16(23)18(31)29-7-1-2-15(29)20(24,25)26/h8-10,15-16,27H,1-7,11H2,(H,28,30). The van der Waals surface area contributed by atoms with Gasteiger partial charge in [-0.2, -0.15) is 13.2 Å². The van der Waals surface area contributed by atoms with Gasteiger partial charge < -0.3 is 15.5 Å². The molecule has 0 spiro atoms. The third kappa shape index (κ3) is 5.28. The van der Waals surface area contributed by atoms with Crippen molar-refractivity contribution in [1.29, 1.82) is 0 Å². The van der Waals surface area contributed by atoms with Crippen LogP contribution in [0.15, 0.2) is 18.2 Å². The van der Waals surface area contributed by atoms with Crippen molar-refractivity contribution in [2.75, 3.05) is 26.2 Å². The molecule has 2 saturated heterocycles. The number of carbonyl (C=O) groups excluding carboxylic acids is 2. The molecule has 2 heterocycles. The van der Waals surface area contributed by atoms with Crippen molar-refractivity contribution in [3.05, 3.63) is 34.6 Å². The van der Waals surface area contributed by atoms with Crippen LogP contribution < -0.4 is 10.6 Å². The van der Waals surface area contributed by atoms with E-state index >= 15 is 4.39 Å². The Morgan fingerprint density at radius 2 is 1.94 bits per heavy atom. The Labute approximate surface area is 181 Å². The Hall–Kier alpha value is -1.94. The van der Waals surface area contributed by atoms with Crippen LogP contribution in [0.25, 0.3) is 0 Å². The van der Waals surface area contributed by atoms with Crippen LogP contribution >= 0.6 is 11.6 Å². The van der Waals surface area contributed by atoms with Gasteiger partial charge in [-0.3, -0.25) is 9.59 Å². The molecule has 0 aromatic heterocycles. The highest BCUT2D eigenvalue weighted by Crippen LogP contribution is 2.39. The largest absolute Gasteiger partial charge is 0.408 e. The van der Waals surface area contributed by atoms with Crippen molar-refractivity contribution < 1.29 is 31.5 Å².